The van der Waals surface area contributed by atoms with E-state index in [1.54, 1.807) is 78.9 Å². The maximum Gasteiger partial charge on any atom is 0.338 e. The highest BCUT2D eigenvalue weighted by molar-refractivity contribution is 6.11. The summed E-state index contributed by atoms with van der Waals surface area (Å²) in [4.78, 5) is 86.3. The molecule has 0 saturated heterocycles. The molecule has 0 unspecified atom stereocenters. The minimum atomic E-state index is -1.41. The van der Waals surface area contributed by atoms with E-state index in [0.717, 1.165) is 30.3 Å². The van der Waals surface area contributed by atoms with Gasteiger partial charge in [-0.15, -0.1) is 5.75 Å². The lowest BCUT2D eigenvalue weighted by Gasteiger charge is -2.15. The fourth-order valence-corrected chi connectivity index (χ4v) is 12.1. The van der Waals surface area contributed by atoms with Crippen molar-refractivity contribution >= 4 is 134 Å². The number of carboxylic acid groups (broad SMARTS) is 8. The van der Waals surface area contributed by atoms with Crippen molar-refractivity contribution in [1.82, 2.24) is 0 Å². The van der Waals surface area contributed by atoms with Crippen molar-refractivity contribution in [3.05, 3.63) is 275 Å². The van der Waals surface area contributed by atoms with Crippen LogP contribution in [0.3, 0.4) is 0 Å². The van der Waals surface area contributed by atoms with E-state index in [1.807, 2.05) is 0 Å². The van der Waals surface area contributed by atoms with Crippen molar-refractivity contribution < 1.29 is 171 Å². The summed E-state index contributed by atoms with van der Waals surface area (Å²) in [6.45, 7) is 0. The van der Waals surface area contributed by atoms with Crippen molar-refractivity contribution in [2.24, 2.45) is 0 Å². The molecule has 122 heavy (non-hydrogen) atoms. The zero-order valence-corrected chi connectivity index (χ0v) is 61.5. The zero-order valence-electron chi connectivity index (χ0n) is 61.5. The number of benzene rings is 16. The van der Waals surface area contributed by atoms with Crippen LogP contribution in [0.2, 0.25) is 0 Å². The Labute approximate surface area is 680 Å². The molecule has 0 atom stereocenters. The van der Waals surface area contributed by atoms with Crippen LogP contribution < -0.4 is 40.9 Å². The first-order valence-electron chi connectivity index (χ1n) is 34.3. The van der Waals surface area contributed by atoms with E-state index in [4.69, 9.17) is 40.9 Å². The third-order valence-corrected chi connectivity index (χ3v) is 17.7. The second kappa shape index (κ2) is 36.9. The Balaban J connectivity index is 0.000000158. The third kappa shape index (κ3) is 19.2. The van der Waals surface area contributed by atoms with Gasteiger partial charge in [-0.2, -0.15) is 0 Å². The summed E-state index contributed by atoms with van der Waals surface area (Å²) in [7, 11) is 0. The van der Waals surface area contributed by atoms with E-state index in [-0.39, 0.29) is 82.8 Å². The standard InChI is InChI=1S/2C11H8O5.6C11H8O4/c12-8-3-6(11(15)16)1-5-2-9(13)10(14)4-7(5)8;12-7-4-5-2-1-3-6(11(15)16)8(5)10(14)9(7)13;12-7-2-3-8-6(5-7)1-4-9(13)10(8)11(14)15;12-7-3-1-6-2-4-9(13)10(11(14)15)8(6)5-7;12-8-5-4-6-2-1-3-7(11(14)15)9(6)10(8)13;12-9-5-8(11(14)15)10(13)7-4-2-1-3-6(7)9;12-8-5-6-3-1-2-4-7(6)10(13)9(8)11(14)15;12-9-7-4-2-1-3-6(7)5-8(10(9)13)11(14)15/h2*1-4,12-14H,(H,15,16);6*1-5,12-13H,(H,14,15)/p-8. The molecule has 34 nitrogen and oxygen atoms in total. The Morgan fingerprint density at radius 3 is 1.22 bits per heavy atom. The number of aromatic carboxylic acids is 8. The normalized spacial score (nSPS) is 10.4. The maximum absolute atomic E-state index is 11.6. The Morgan fingerprint density at radius 1 is 0.205 bits per heavy atom. The quantitative estimate of drug-likeness (QED) is 0.0629. The number of hydrogen-bond donors (Lipinski definition) is 18. The molecule has 0 aliphatic carbocycles. The first-order valence-corrected chi connectivity index (χ1v) is 34.3. The van der Waals surface area contributed by atoms with E-state index < -0.39 is 151 Å². The minimum Gasteiger partial charge on any atom is -0.872 e. The van der Waals surface area contributed by atoms with Gasteiger partial charge in [0.15, 0.2) is 17.2 Å². The lowest BCUT2D eigenvalue weighted by molar-refractivity contribution is -0.270. The van der Waals surface area contributed by atoms with Crippen molar-refractivity contribution in [3.8, 4) is 103 Å². The molecule has 18 N–H and O–H groups in total. The molecule has 34 heteroatoms. The third-order valence-electron chi connectivity index (χ3n) is 17.7. The highest BCUT2D eigenvalue weighted by Crippen LogP contribution is 2.43. The van der Waals surface area contributed by atoms with E-state index in [2.05, 4.69) is 0 Å². The van der Waals surface area contributed by atoms with Crippen LogP contribution in [0, 0.1) is 0 Å². The number of carboxylic acids is 8. The zero-order chi connectivity index (χ0) is 89.7. The number of carbonyl (C=O) groups is 8. The fourth-order valence-electron chi connectivity index (χ4n) is 12.1. The highest BCUT2D eigenvalue weighted by Gasteiger charge is 2.19. The van der Waals surface area contributed by atoms with Gasteiger partial charge in [0.05, 0.1) is 44.5 Å². The molecule has 16 rings (SSSR count). The largest absolute Gasteiger partial charge is 0.872 e. The summed E-state index contributed by atoms with van der Waals surface area (Å²) in [5, 5.41) is 261. The topological polar surface area (TPSA) is 685 Å². The van der Waals surface area contributed by atoms with Crippen molar-refractivity contribution in [2.75, 3.05) is 0 Å². The van der Waals surface area contributed by atoms with Gasteiger partial charge in [-0.1, -0.05) is 180 Å². The first-order chi connectivity index (χ1) is 57.6. The van der Waals surface area contributed by atoms with Crippen LogP contribution in [0.1, 0.15) is 82.9 Å². The van der Waals surface area contributed by atoms with Crippen LogP contribution in [-0.2, 0) is 0 Å². The molecule has 0 amide bonds. The molecule has 0 aliphatic heterocycles. The van der Waals surface area contributed by atoms with E-state index in [0.29, 0.717) is 48.5 Å². The molecule has 0 spiro atoms. The molecule has 0 aromatic heterocycles. The monoisotopic (exact) mass is 1660 g/mol. The molecule has 16 aromatic rings. The number of phenols is 10. The predicted molar refractivity (Wildman–Crippen MR) is 419 cm³/mol. The van der Waals surface area contributed by atoms with Crippen molar-refractivity contribution in [2.45, 2.75) is 0 Å². The lowest BCUT2D eigenvalue weighted by Crippen LogP contribution is -2.04. The molecule has 0 heterocycles. The summed E-state index contributed by atoms with van der Waals surface area (Å²) in [5.41, 5.74) is -2.39. The minimum absolute atomic E-state index is 0.0393. The van der Waals surface area contributed by atoms with Gasteiger partial charge in [0.2, 0.25) is 0 Å². The summed E-state index contributed by atoms with van der Waals surface area (Å²) in [6.07, 6.45) is 0. The molecular weight excluding hydrogens is 1600 g/mol. The SMILES string of the molecule is O=C(O)c1c(O)cc2ccccc2c1[O-].O=C(O)c1c([O-])ccc2cc(O)ccc12.O=C(O)c1c([O-])ccc2ccc(O)cc12.O=C(O)c1cc(O)c2ccccc2c1[O-].O=C(O)c1cc([O-])c2cc(O)c(O)cc2c1.O=C(O)c1cc2ccccc2c(O)c1[O-].O=C(O)c1cccc2cc(O)c(O)c([O-])c12.O=C(O)c1cccc2ccc(O)c([O-])c12. The average molecular weight is 1660 g/mol. The van der Waals surface area contributed by atoms with Crippen molar-refractivity contribution in [3.63, 3.8) is 0 Å². The summed E-state index contributed by atoms with van der Waals surface area (Å²) < 4.78 is 0. The van der Waals surface area contributed by atoms with Crippen LogP contribution in [0.5, 0.6) is 103 Å². The van der Waals surface area contributed by atoms with E-state index in [1.165, 1.54) is 121 Å². The number of fused-ring (bicyclic) bond motifs is 8. The molecule has 0 aliphatic rings. The van der Waals surface area contributed by atoms with Gasteiger partial charge in [0.25, 0.3) is 0 Å². The van der Waals surface area contributed by atoms with Crippen LogP contribution in [0.15, 0.2) is 231 Å². The molecule has 0 fully saturated rings. The molecule has 0 bridgehead atoms. The second-order valence-electron chi connectivity index (χ2n) is 25.4. The molecule has 0 saturated carbocycles. The van der Waals surface area contributed by atoms with E-state index in [9.17, 15) is 130 Å². The predicted octanol–water partition coefficient (Wildman–Crippen LogP) is 9.95. The Bertz CT molecular complexity index is 6890. The molecular formula is C88H56O34-8. The smallest absolute Gasteiger partial charge is 0.338 e. The summed E-state index contributed by atoms with van der Waals surface area (Å²) >= 11 is 0. The van der Waals surface area contributed by atoms with Crippen LogP contribution in [-0.4, -0.2) is 140 Å². The van der Waals surface area contributed by atoms with Gasteiger partial charge >= 0.3 is 47.8 Å². The summed E-state index contributed by atoms with van der Waals surface area (Å²) in [6, 6.07) is 54.0. The number of aromatic hydroxyl groups is 10. The maximum atomic E-state index is 11.6. The van der Waals surface area contributed by atoms with Crippen molar-refractivity contribution in [1.29, 1.82) is 0 Å². The number of rotatable bonds is 8. The second-order valence-corrected chi connectivity index (χ2v) is 25.4. The number of hydrogen-bond acceptors (Lipinski definition) is 26. The fraction of sp³-hybridized carbons (Fsp3) is 0. The van der Waals surface area contributed by atoms with Gasteiger partial charge in [0.1, 0.15) is 40.2 Å². The van der Waals surface area contributed by atoms with Crippen LogP contribution >= 0.6 is 0 Å². The first kappa shape index (κ1) is 87.7. The van der Waals surface area contributed by atoms with Gasteiger partial charge in [-0.3, -0.25) is 0 Å². The van der Waals surface area contributed by atoms with Gasteiger partial charge in [0, 0.05) is 10.8 Å². The Kier molecular flexibility index (Phi) is 26.5. The Morgan fingerprint density at radius 2 is 0.648 bits per heavy atom. The van der Waals surface area contributed by atoms with Crippen LogP contribution in [0.4, 0.5) is 0 Å². The summed E-state index contributed by atoms with van der Waals surface area (Å²) in [5.74, 6) is -19.3. The average Bonchev–Trinajstić information content (AvgIpc) is 0.836. The Hall–Kier alpha value is -18.2. The molecule has 0 radical (unpaired) electrons. The number of phenolic OH excluding ortho intramolecular Hbond substituents is 9. The lowest BCUT2D eigenvalue weighted by atomic mass is 10.0. The highest BCUT2D eigenvalue weighted by atomic mass is 16.4. The van der Waals surface area contributed by atoms with Gasteiger partial charge < -0.3 is 133 Å². The molecule has 16 aromatic carbocycles. The van der Waals surface area contributed by atoms with Crippen LogP contribution in [0.25, 0.3) is 86.2 Å². The molecule has 620 valence electrons. The van der Waals surface area contributed by atoms with Gasteiger partial charge in [-0.25, -0.2) is 38.4 Å². The van der Waals surface area contributed by atoms with Gasteiger partial charge in [-0.05, 0) is 166 Å². The van der Waals surface area contributed by atoms with E-state index >= 15 is 0 Å².